The average molecular weight is 322 g/mol. The van der Waals surface area contributed by atoms with Gasteiger partial charge in [-0.2, -0.15) is 5.10 Å². The molecule has 1 atom stereocenters. The second-order valence-corrected chi connectivity index (χ2v) is 5.97. The van der Waals surface area contributed by atoms with E-state index in [2.05, 4.69) is 32.5 Å². The molecule has 1 fully saturated rings. The van der Waals surface area contributed by atoms with E-state index in [0.29, 0.717) is 13.1 Å². The maximum absolute atomic E-state index is 12.0. The van der Waals surface area contributed by atoms with Crippen LogP contribution in [0.1, 0.15) is 23.1 Å². The highest BCUT2D eigenvalue weighted by Gasteiger charge is 2.33. The van der Waals surface area contributed by atoms with Gasteiger partial charge in [-0.15, -0.1) is 0 Å². The highest BCUT2D eigenvalue weighted by molar-refractivity contribution is 5.81. The smallest absolute Gasteiger partial charge is 0.235 e. The van der Waals surface area contributed by atoms with Crippen molar-refractivity contribution < 1.29 is 9.21 Å². The van der Waals surface area contributed by atoms with Gasteiger partial charge in [-0.1, -0.05) is 30.3 Å². The largest absolute Gasteiger partial charge is 0.460 e. The molecular formula is C18H18N4O2. The van der Waals surface area contributed by atoms with Crippen molar-refractivity contribution in [3.8, 4) is 11.5 Å². The number of furan rings is 1. The van der Waals surface area contributed by atoms with Crippen molar-refractivity contribution in [3.05, 3.63) is 65.5 Å². The first-order chi connectivity index (χ1) is 11.7. The molecule has 0 radical (unpaired) electrons. The van der Waals surface area contributed by atoms with Gasteiger partial charge in [-0.25, -0.2) is 0 Å². The number of rotatable bonds is 4. The average Bonchev–Trinajstić information content (AvgIpc) is 3.28. The number of hydrogen-bond donors (Lipinski definition) is 2. The molecule has 0 aliphatic carbocycles. The zero-order valence-electron chi connectivity index (χ0n) is 13.3. The molecule has 1 aromatic carbocycles. The van der Waals surface area contributed by atoms with E-state index >= 15 is 0 Å². The van der Waals surface area contributed by atoms with Gasteiger partial charge >= 0.3 is 0 Å². The minimum Gasteiger partial charge on any atom is -0.460 e. The first-order valence-corrected chi connectivity index (χ1v) is 7.88. The molecule has 1 saturated heterocycles. The molecule has 0 unspecified atom stereocenters. The summed E-state index contributed by atoms with van der Waals surface area (Å²) < 4.78 is 5.71. The monoisotopic (exact) mass is 322 g/mol. The zero-order valence-corrected chi connectivity index (χ0v) is 13.3. The molecule has 0 bridgehead atoms. The Morgan fingerprint density at radius 2 is 2.08 bits per heavy atom. The summed E-state index contributed by atoms with van der Waals surface area (Å²) in [6.45, 7) is 2.95. The van der Waals surface area contributed by atoms with Gasteiger partial charge in [0.05, 0.1) is 12.7 Å². The maximum Gasteiger partial charge on any atom is 0.235 e. The number of aromatic nitrogens is 2. The number of carbonyl (C=O) groups is 1. The molecule has 122 valence electrons. The lowest BCUT2D eigenvalue weighted by Gasteiger charge is -2.23. The minimum atomic E-state index is -0.225. The predicted octanol–water partition coefficient (Wildman–Crippen LogP) is 2.61. The first kappa shape index (κ1) is 14.7. The molecule has 1 aliphatic rings. The maximum atomic E-state index is 12.0. The zero-order chi connectivity index (χ0) is 16.5. The van der Waals surface area contributed by atoms with E-state index in [-0.39, 0.29) is 12.1 Å². The summed E-state index contributed by atoms with van der Waals surface area (Å²) in [6.07, 6.45) is 1.53. The summed E-state index contributed by atoms with van der Waals surface area (Å²) in [5.41, 5.74) is 2.87. The molecule has 24 heavy (non-hydrogen) atoms. The number of amides is 1. The fourth-order valence-electron chi connectivity index (χ4n) is 3.07. The molecule has 2 N–H and O–H groups in total. The van der Waals surface area contributed by atoms with Crippen LogP contribution in [-0.4, -0.2) is 27.5 Å². The fourth-order valence-corrected chi connectivity index (χ4v) is 3.07. The standard InChI is InChI=1S/C18H18N4O2/c1-12-7-8-15(24-12)17-14(9-19-21-17)18-20-16(23)11-22(18)10-13-5-3-2-4-6-13/h2-9,18H,10-11H2,1H3,(H,19,21)(H,20,23)/t18-/m0/s1. The fraction of sp³-hybridized carbons (Fsp3) is 0.222. The number of benzene rings is 1. The number of carbonyl (C=O) groups excluding carboxylic acids is 1. The lowest BCUT2D eigenvalue weighted by atomic mass is 10.1. The predicted molar refractivity (Wildman–Crippen MR) is 88.8 cm³/mol. The molecule has 1 aliphatic heterocycles. The van der Waals surface area contributed by atoms with Crippen molar-refractivity contribution in [2.24, 2.45) is 0 Å². The van der Waals surface area contributed by atoms with Gasteiger partial charge in [-0.3, -0.25) is 14.8 Å². The summed E-state index contributed by atoms with van der Waals surface area (Å²) in [6, 6.07) is 13.9. The number of nitrogens with one attached hydrogen (secondary N) is 2. The molecule has 2 aromatic heterocycles. The Morgan fingerprint density at radius 1 is 1.25 bits per heavy atom. The van der Waals surface area contributed by atoms with E-state index in [1.54, 1.807) is 6.20 Å². The third-order valence-corrected chi connectivity index (χ3v) is 4.19. The van der Waals surface area contributed by atoms with Crippen LogP contribution in [0.25, 0.3) is 11.5 Å². The van der Waals surface area contributed by atoms with Crippen molar-refractivity contribution in [3.63, 3.8) is 0 Å². The van der Waals surface area contributed by atoms with Crippen molar-refractivity contribution in [2.75, 3.05) is 6.54 Å². The number of H-pyrrole nitrogens is 1. The Labute approximate surface area is 139 Å². The summed E-state index contributed by atoms with van der Waals surface area (Å²) in [7, 11) is 0. The Balaban J connectivity index is 1.65. The number of hydrogen-bond acceptors (Lipinski definition) is 4. The summed E-state index contributed by atoms with van der Waals surface area (Å²) in [4.78, 5) is 14.1. The van der Waals surface area contributed by atoms with Gasteiger partial charge in [0, 0.05) is 12.1 Å². The molecule has 3 aromatic rings. The van der Waals surface area contributed by atoms with E-state index in [1.165, 1.54) is 0 Å². The number of aryl methyl sites for hydroxylation is 1. The van der Waals surface area contributed by atoms with Gasteiger partial charge in [0.25, 0.3) is 0 Å². The lowest BCUT2D eigenvalue weighted by Crippen LogP contribution is -2.27. The molecule has 0 saturated carbocycles. The van der Waals surface area contributed by atoms with Gasteiger partial charge in [0.1, 0.15) is 17.6 Å². The van der Waals surface area contributed by atoms with Crippen LogP contribution in [-0.2, 0) is 11.3 Å². The second-order valence-electron chi connectivity index (χ2n) is 5.97. The van der Waals surface area contributed by atoms with Gasteiger partial charge in [0.15, 0.2) is 5.76 Å². The van der Waals surface area contributed by atoms with Gasteiger partial charge in [0.2, 0.25) is 5.91 Å². The van der Waals surface area contributed by atoms with Crippen LogP contribution in [0.2, 0.25) is 0 Å². The molecule has 6 nitrogen and oxygen atoms in total. The van der Waals surface area contributed by atoms with E-state index in [1.807, 2.05) is 37.3 Å². The Morgan fingerprint density at radius 3 is 2.83 bits per heavy atom. The third-order valence-electron chi connectivity index (χ3n) is 4.19. The summed E-state index contributed by atoms with van der Waals surface area (Å²) in [5.74, 6) is 1.57. The van der Waals surface area contributed by atoms with Crippen LogP contribution in [0, 0.1) is 6.92 Å². The molecular weight excluding hydrogens is 304 g/mol. The molecule has 4 rings (SSSR count). The van der Waals surface area contributed by atoms with E-state index < -0.39 is 0 Å². The molecule has 0 spiro atoms. The first-order valence-electron chi connectivity index (χ1n) is 7.88. The minimum absolute atomic E-state index is 0.0127. The topological polar surface area (TPSA) is 74.2 Å². The Kier molecular flexibility index (Phi) is 3.66. The van der Waals surface area contributed by atoms with Crippen LogP contribution < -0.4 is 5.32 Å². The second kappa shape index (κ2) is 5.98. The Bertz CT molecular complexity index is 853. The van der Waals surface area contributed by atoms with Gasteiger partial charge < -0.3 is 9.73 Å². The lowest BCUT2D eigenvalue weighted by molar-refractivity contribution is -0.118. The summed E-state index contributed by atoms with van der Waals surface area (Å²) in [5, 5.41) is 10.2. The van der Waals surface area contributed by atoms with E-state index in [0.717, 1.165) is 28.3 Å². The van der Waals surface area contributed by atoms with Crippen LogP contribution in [0.5, 0.6) is 0 Å². The van der Waals surface area contributed by atoms with E-state index in [9.17, 15) is 4.79 Å². The van der Waals surface area contributed by atoms with Gasteiger partial charge in [-0.05, 0) is 24.6 Å². The highest BCUT2D eigenvalue weighted by atomic mass is 16.3. The molecule has 6 heteroatoms. The van der Waals surface area contributed by atoms with Crippen LogP contribution >= 0.6 is 0 Å². The number of nitrogens with zero attached hydrogens (tertiary/aromatic N) is 2. The third kappa shape index (κ3) is 2.72. The number of aromatic amines is 1. The normalized spacial score (nSPS) is 18.0. The Hall–Kier alpha value is -2.86. The highest BCUT2D eigenvalue weighted by Crippen LogP contribution is 2.32. The van der Waals surface area contributed by atoms with Crippen LogP contribution in [0.4, 0.5) is 0 Å². The van der Waals surface area contributed by atoms with Crippen molar-refractivity contribution in [1.29, 1.82) is 0 Å². The summed E-state index contributed by atoms with van der Waals surface area (Å²) >= 11 is 0. The van der Waals surface area contributed by atoms with Crippen molar-refractivity contribution >= 4 is 5.91 Å². The SMILES string of the molecule is Cc1ccc(-c2[nH]ncc2[C@H]2NC(=O)CN2Cc2ccccc2)o1. The van der Waals surface area contributed by atoms with Crippen LogP contribution in [0.15, 0.2) is 53.1 Å². The van der Waals surface area contributed by atoms with E-state index in [4.69, 9.17) is 4.42 Å². The quantitative estimate of drug-likeness (QED) is 0.774. The van der Waals surface area contributed by atoms with Crippen molar-refractivity contribution in [1.82, 2.24) is 20.4 Å². The van der Waals surface area contributed by atoms with Crippen LogP contribution in [0.3, 0.4) is 0 Å². The van der Waals surface area contributed by atoms with Crippen molar-refractivity contribution in [2.45, 2.75) is 19.6 Å². The molecule has 1 amide bonds. The molecule has 3 heterocycles.